The lowest BCUT2D eigenvalue weighted by Crippen LogP contribution is -2.36. The fraction of sp³-hybridized carbons (Fsp3) is 0.538. The van der Waals surface area contributed by atoms with Gasteiger partial charge in [-0.2, -0.15) is 5.10 Å². The molecule has 3 heterocycles. The average Bonchev–Trinajstić information content (AvgIpc) is 2.86. The minimum Gasteiger partial charge on any atom is -0.356 e. The molecular formula is C13H17BrN4. The van der Waals surface area contributed by atoms with E-state index in [1.54, 1.807) is 10.7 Å². The van der Waals surface area contributed by atoms with E-state index in [4.69, 9.17) is 0 Å². The van der Waals surface area contributed by atoms with Crippen LogP contribution in [-0.2, 0) is 0 Å². The Bertz CT molecular complexity index is 529. The van der Waals surface area contributed by atoms with Crippen molar-refractivity contribution in [2.75, 3.05) is 18.0 Å². The normalized spacial score (nSPS) is 19.3. The lowest BCUT2D eigenvalue weighted by molar-refractivity contribution is 0.405. The largest absolute Gasteiger partial charge is 0.356 e. The summed E-state index contributed by atoms with van der Waals surface area (Å²) in [5.41, 5.74) is 0.920. The number of fused-ring (bicyclic) bond motifs is 1. The number of alkyl halides is 1. The van der Waals surface area contributed by atoms with Gasteiger partial charge in [-0.15, -0.1) is 0 Å². The highest BCUT2D eigenvalue weighted by atomic mass is 79.9. The molecule has 18 heavy (non-hydrogen) atoms. The Morgan fingerprint density at radius 1 is 1.33 bits per heavy atom. The van der Waals surface area contributed by atoms with Gasteiger partial charge in [0.1, 0.15) is 5.82 Å². The van der Waals surface area contributed by atoms with E-state index in [1.807, 2.05) is 12.3 Å². The number of piperidine rings is 1. The Hall–Kier alpha value is -1.10. The fourth-order valence-corrected chi connectivity index (χ4v) is 3.10. The molecule has 0 radical (unpaired) electrons. The molecule has 3 rings (SSSR count). The second-order valence-corrected chi connectivity index (χ2v) is 6.37. The van der Waals surface area contributed by atoms with Crippen molar-refractivity contribution in [3.05, 3.63) is 24.5 Å². The first kappa shape index (κ1) is 12.0. The predicted octanol–water partition coefficient (Wildman–Crippen LogP) is 2.73. The second-order valence-electron chi connectivity index (χ2n) is 4.92. The van der Waals surface area contributed by atoms with Crippen LogP contribution in [-0.4, -0.2) is 32.5 Å². The van der Waals surface area contributed by atoms with Crippen molar-refractivity contribution in [1.82, 2.24) is 14.6 Å². The highest BCUT2D eigenvalue weighted by Gasteiger charge is 2.23. The maximum Gasteiger partial charge on any atom is 0.157 e. The maximum atomic E-state index is 4.64. The van der Waals surface area contributed by atoms with Gasteiger partial charge >= 0.3 is 0 Å². The molecule has 0 spiro atoms. The molecule has 1 fully saturated rings. The van der Waals surface area contributed by atoms with Crippen molar-refractivity contribution in [3.8, 4) is 0 Å². The molecule has 1 aliphatic heterocycles. The van der Waals surface area contributed by atoms with Gasteiger partial charge < -0.3 is 4.90 Å². The molecule has 0 bridgehead atoms. The smallest absolute Gasteiger partial charge is 0.157 e. The van der Waals surface area contributed by atoms with E-state index in [2.05, 4.69) is 43.9 Å². The van der Waals surface area contributed by atoms with Crippen LogP contribution in [0.25, 0.3) is 5.65 Å². The van der Waals surface area contributed by atoms with Gasteiger partial charge in [-0.05, 0) is 24.8 Å². The van der Waals surface area contributed by atoms with E-state index in [0.717, 1.165) is 30.5 Å². The second kappa shape index (κ2) is 4.88. The zero-order chi connectivity index (χ0) is 12.5. The Morgan fingerprint density at radius 3 is 2.83 bits per heavy atom. The minimum atomic E-state index is 0.616. The van der Waals surface area contributed by atoms with Crippen molar-refractivity contribution >= 4 is 27.4 Å². The number of aromatic nitrogens is 3. The van der Waals surface area contributed by atoms with Gasteiger partial charge in [0.15, 0.2) is 5.65 Å². The van der Waals surface area contributed by atoms with E-state index in [-0.39, 0.29) is 0 Å². The lowest BCUT2D eigenvalue weighted by Gasteiger charge is -2.34. The van der Waals surface area contributed by atoms with Crippen LogP contribution >= 0.6 is 15.9 Å². The van der Waals surface area contributed by atoms with Crippen molar-refractivity contribution < 1.29 is 0 Å². The van der Waals surface area contributed by atoms with Crippen LogP contribution in [0.2, 0.25) is 0 Å². The van der Waals surface area contributed by atoms with Crippen molar-refractivity contribution in [2.24, 2.45) is 5.92 Å². The lowest BCUT2D eigenvalue weighted by atomic mass is 9.94. The highest BCUT2D eigenvalue weighted by Crippen LogP contribution is 2.27. The molecule has 0 saturated carbocycles. The summed E-state index contributed by atoms with van der Waals surface area (Å²) < 4.78 is 1.80. The Morgan fingerprint density at radius 2 is 2.11 bits per heavy atom. The zero-order valence-corrected chi connectivity index (χ0v) is 12.0. The van der Waals surface area contributed by atoms with E-state index in [0.29, 0.717) is 4.83 Å². The molecular weight excluding hydrogens is 292 g/mol. The monoisotopic (exact) mass is 308 g/mol. The van der Waals surface area contributed by atoms with Gasteiger partial charge in [-0.25, -0.2) is 9.50 Å². The number of anilines is 1. The SMILES string of the molecule is CC(Br)C1CCN(c2ccn3nccc3n2)CC1. The van der Waals surface area contributed by atoms with Crippen molar-refractivity contribution in [1.29, 1.82) is 0 Å². The van der Waals surface area contributed by atoms with E-state index >= 15 is 0 Å². The van der Waals surface area contributed by atoms with Crippen LogP contribution in [0.15, 0.2) is 24.5 Å². The predicted molar refractivity (Wildman–Crippen MR) is 76.3 cm³/mol. The van der Waals surface area contributed by atoms with Crippen molar-refractivity contribution in [3.63, 3.8) is 0 Å². The van der Waals surface area contributed by atoms with Gasteiger partial charge in [-0.1, -0.05) is 22.9 Å². The van der Waals surface area contributed by atoms with Crippen LogP contribution < -0.4 is 4.90 Å². The first-order valence-electron chi connectivity index (χ1n) is 6.43. The molecule has 2 aromatic rings. The standard InChI is InChI=1S/C13H17BrN4/c1-10(14)11-3-7-17(8-4-11)12-5-9-18-13(16-12)2-6-15-18/h2,5-6,9-11H,3-4,7-8H2,1H3. The van der Waals surface area contributed by atoms with E-state index in [9.17, 15) is 0 Å². The summed E-state index contributed by atoms with van der Waals surface area (Å²) in [6.07, 6.45) is 6.23. The average molecular weight is 309 g/mol. The zero-order valence-electron chi connectivity index (χ0n) is 10.5. The number of hydrogen-bond acceptors (Lipinski definition) is 3. The summed E-state index contributed by atoms with van der Waals surface area (Å²) in [5.74, 6) is 1.86. The van der Waals surface area contributed by atoms with E-state index < -0.39 is 0 Å². The molecule has 1 atom stereocenters. The van der Waals surface area contributed by atoms with Crippen LogP contribution in [0.3, 0.4) is 0 Å². The van der Waals surface area contributed by atoms with Crippen LogP contribution in [0.5, 0.6) is 0 Å². The number of nitrogens with zero attached hydrogens (tertiary/aromatic N) is 4. The van der Waals surface area contributed by atoms with Gasteiger partial charge in [0, 0.05) is 30.2 Å². The molecule has 0 N–H and O–H groups in total. The summed E-state index contributed by atoms with van der Waals surface area (Å²) in [6, 6.07) is 3.99. The number of rotatable bonds is 2. The summed E-state index contributed by atoms with van der Waals surface area (Å²) in [6.45, 7) is 4.44. The van der Waals surface area contributed by atoms with Crippen LogP contribution in [0.1, 0.15) is 19.8 Å². The maximum absolute atomic E-state index is 4.64. The number of halogens is 1. The number of hydrogen-bond donors (Lipinski definition) is 0. The molecule has 5 heteroatoms. The molecule has 0 aliphatic carbocycles. The van der Waals surface area contributed by atoms with Gasteiger partial charge in [-0.3, -0.25) is 0 Å². The summed E-state index contributed by atoms with van der Waals surface area (Å²) >= 11 is 3.69. The van der Waals surface area contributed by atoms with Gasteiger partial charge in [0.25, 0.3) is 0 Å². The third kappa shape index (κ3) is 2.23. The third-order valence-corrected chi connectivity index (χ3v) is 4.50. The molecule has 0 amide bonds. The summed E-state index contributed by atoms with van der Waals surface area (Å²) in [5, 5.41) is 4.17. The quantitative estimate of drug-likeness (QED) is 0.800. The molecule has 1 unspecified atom stereocenters. The van der Waals surface area contributed by atoms with E-state index in [1.165, 1.54) is 12.8 Å². The Balaban J connectivity index is 1.75. The Kier molecular flexibility index (Phi) is 3.24. The minimum absolute atomic E-state index is 0.616. The molecule has 1 saturated heterocycles. The highest BCUT2D eigenvalue weighted by molar-refractivity contribution is 9.09. The fourth-order valence-electron chi connectivity index (χ4n) is 2.57. The molecule has 1 aliphatic rings. The summed E-state index contributed by atoms with van der Waals surface area (Å²) in [4.78, 5) is 7.63. The molecule has 0 aromatic carbocycles. The first-order valence-corrected chi connectivity index (χ1v) is 7.35. The van der Waals surface area contributed by atoms with Crippen LogP contribution in [0, 0.1) is 5.92 Å². The topological polar surface area (TPSA) is 33.4 Å². The van der Waals surface area contributed by atoms with Gasteiger partial charge in [0.2, 0.25) is 0 Å². The first-order chi connectivity index (χ1) is 8.74. The molecule has 2 aromatic heterocycles. The molecule has 4 nitrogen and oxygen atoms in total. The molecule has 96 valence electrons. The van der Waals surface area contributed by atoms with Crippen molar-refractivity contribution in [2.45, 2.75) is 24.6 Å². The third-order valence-electron chi connectivity index (χ3n) is 3.76. The Labute approximate surface area is 115 Å². The van der Waals surface area contributed by atoms with Gasteiger partial charge in [0.05, 0.1) is 6.20 Å². The van der Waals surface area contributed by atoms with Crippen LogP contribution in [0.4, 0.5) is 5.82 Å². The summed E-state index contributed by atoms with van der Waals surface area (Å²) in [7, 11) is 0.